The summed E-state index contributed by atoms with van der Waals surface area (Å²) >= 11 is 0. The minimum Gasteiger partial charge on any atom is -0.462 e. The maximum Gasteiger partial charge on any atom is 0.306 e. The van der Waals surface area contributed by atoms with Gasteiger partial charge in [0.2, 0.25) is 0 Å². The molecule has 0 rings (SSSR count). The maximum atomic E-state index is 12.9. The van der Waals surface area contributed by atoms with Gasteiger partial charge in [-0.1, -0.05) is 298 Å². The fourth-order valence-corrected chi connectivity index (χ4v) is 9.25. The van der Waals surface area contributed by atoms with Crippen molar-refractivity contribution in [2.75, 3.05) is 13.2 Å². The highest BCUT2D eigenvalue weighted by Gasteiger charge is 2.19. The van der Waals surface area contributed by atoms with E-state index < -0.39 is 6.10 Å². The molecule has 0 aromatic carbocycles. The van der Waals surface area contributed by atoms with Gasteiger partial charge in [-0.2, -0.15) is 0 Å². The predicted molar refractivity (Wildman–Crippen MR) is 330 cm³/mol. The SMILES string of the molecule is CC/C=C\C/C=C\C/C=C\C/C=C\C/C=C\C/C=C\CCCCCCCCCCCCCCCCC(=O)OCC(COC(=O)CCCCCCC/C=C\CCCC)OC(=O)CCCCCCCCCCCCCCCC. The highest BCUT2D eigenvalue weighted by atomic mass is 16.6. The molecule has 0 aromatic heterocycles. The summed E-state index contributed by atoms with van der Waals surface area (Å²) in [6.45, 7) is 6.51. The first kappa shape index (κ1) is 72.6. The Hall–Kier alpha value is -3.41. The lowest BCUT2D eigenvalue weighted by Crippen LogP contribution is -2.30. The molecule has 0 spiro atoms. The number of carbonyl (C=O) groups excluding carboxylic acids is 3. The quantitative estimate of drug-likeness (QED) is 0.0261. The van der Waals surface area contributed by atoms with Gasteiger partial charge in [-0.15, -0.1) is 0 Å². The highest BCUT2D eigenvalue weighted by Crippen LogP contribution is 2.17. The van der Waals surface area contributed by atoms with Crippen LogP contribution in [-0.2, 0) is 28.6 Å². The molecule has 0 aliphatic carbocycles. The Balaban J connectivity index is 4.12. The summed E-state index contributed by atoms with van der Waals surface area (Å²) in [6.07, 6.45) is 84.6. The molecule has 0 heterocycles. The van der Waals surface area contributed by atoms with E-state index >= 15 is 0 Å². The number of esters is 3. The number of unbranched alkanes of at least 4 members (excludes halogenated alkanes) is 34. The molecule has 0 saturated heterocycles. The molecule has 76 heavy (non-hydrogen) atoms. The number of rotatable bonds is 59. The van der Waals surface area contributed by atoms with E-state index in [2.05, 4.69) is 106 Å². The molecule has 0 N–H and O–H groups in total. The minimum absolute atomic E-state index is 0.0748. The first-order chi connectivity index (χ1) is 37.5. The topological polar surface area (TPSA) is 78.9 Å². The third-order valence-electron chi connectivity index (χ3n) is 14.1. The summed E-state index contributed by atoms with van der Waals surface area (Å²) in [5.74, 6) is -0.871. The van der Waals surface area contributed by atoms with Gasteiger partial charge in [0.1, 0.15) is 13.2 Å². The Morgan fingerprint density at radius 2 is 0.526 bits per heavy atom. The van der Waals surface area contributed by atoms with Crippen molar-refractivity contribution in [2.45, 2.75) is 329 Å². The summed E-state index contributed by atoms with van der Waals surface area (Å²) in [5.41, 5.74) is 0. The van der Waals surface area contributed by atoms with Gasteiger partial charge in [-0.3, -0.25) is 14.4 Å². The molecular weight excluding hydrogens is 937 g/mol. The van der Waals surface area contributed by atoms with Crippen molar-refractivity contribution in [3.8, 4) is 0 Å². The second-order valence-corrected chi connectivity index (χ2v) is 21.6. The van der Waals surface area contributed by atoms with Crippen molar-refractivity contribution < 1.29 is 28.6 Å². The zero-order valence-electron chi connectivity index (χ0n) is 50.3. The molecule has 0 radical (unpaired) electrons. The largest absolute Gasteiger partial charge is 0.462 e. The molecule has 438 valence electrons. The fraction of sp³-hybridized carbons (Fsp3) is 0.757. The van der Waals surface area contributed by atoms with Crippen molar-refractivity contribution >= 4 is 17.9 Å². The number of allylic oxidation sites excluding steroid dienone is 14. The van der Waals surface area contributed by atoms with Crippen LogP contribution in [0.3, 0.4) is 0 Å². The molecule has 0 aliphatic rings. The van der Waals surface area contributed by atoms with Gasteiger partial charge in [-0.05, 0) is 89.9 Å². The lowest BCUT2D eigenvalue weighted by atomic mass is 10.0. The third kappa shape index (κ3) is 61.4. The van der Waals surface area contributed by atoms with Crippen molar-refractivity contribution in [3.05, 3.63) is 85.1 Å². The lowest BCUT2D eigenvalue weighted by Gasteiger charge is -2.18. The van der Waals surface area contributed by atoms with E-state index in [-0.39, 0.29) is 31.1 Å². The molecule has 0 aromatic rings. The van der Waals surface area contributed by atoms with Crippen LogP contribution in [-0.4, -0.2) is 37.2 Å². The van der Waals surface area contributed by atoms with Crippen LogP contribution in [0.15, 0.2) is 85.1 Å². The number of carbonyl (C=O) groups is 3. The first-order valence-corrected chi connectivity index (χ1v) is 32.6. The summed E-state index contributed by atoms with van der Waals surface area (Å²) < 4.78 is 16.9. The van der Waals surface area contributed by atoms with Crippen molar-refractivity contribution in [1.29, 1.82) is 0 Å². The Kier molecular flexibility index (Phi) is 61.2. The van der Waals surface area contributed by atoms with Crippen LogP contribution < -0.4 is 0 Å². The van der Waals surface area contributed by atoms with E-state index in [9.17, 15) is 14.4 Å². The maximum absolute atomic E-state index is 12.9. The van der Waals surface area contributed by atoms with Crippen LogP contribution in [0.4, 0.5) is 0 Å². The van der Waals surface area contributed by atoms with Crippen LogP contribution in [0.25, 0.3) is 0 Å². The highest BCUT2D eigenvalue weighted by molar-refractivity contribution is 5.71. The molecule has 1 atom stereocenters. The minimum atomic E-state index is -0.776. The molecular formula is C70H122O6. The standard InChI is InChI=1S/C70H122O6/c1-4-7-10-13-16-19-22-24-26-27-28-29-30-31-32-33-34-35-36-37-38-39-40-41-42-43-44-46-48-51-54-57-60-63-69(72)75-66-67(65-74-68(71)62-59-56-53-50-47-21-18-15-12-9-6-3)76-70(73)64-61-58-55-52-49-45-25-23-20-17-14-11-8-5-2/h7,10,15-16,18-19,24,26,28-29,31-32,34-35,67H,4-6,8-9,11-14,17,20-23,25,27,30,33,36-66H2,1-3H3/b10-7-,18-15-,19-16-,26-24-,29-28-,32-31-,35-34-. The van der Waals surface area contributed by atoms with Gasteiger partial charge < -0.3 is 14.2 Å². The molecule has 0 saturated carbocycles. The van der Waals surface area contributed by atoms with Crippen molar-refractivity contribution in [3.63, 3.8) is 0 Å². The average molecular weight is 1060 g/mol. The van der Waals surface area contributed by atoms with Crippen LogP contribution in [0.5, 0.6) is 0 Å². The number of ether oxygens (including phenoxy) is 3. The van der Waals surface area contributed by atoms with Gasteiger partial charge in [-0.25, -0.2) is 0 Å². The summed E-state index contributed by atoms with van der Waals surface area (Å²) in [7, 11) is 0. The Morgan fingerprint density at radius 1 is 0.276 bits per heavy atom. The van der Waals surface area contributed by atoms with Gasteiger partial charge in [0.05, 0.1) is 0 Å². The van der Waals surface area contributed by atoms with Gasteiger partial charge >= 0.3 is 17.9 Å². The summed E-state index contributed by atoms with van der Waals surface area (Å²) in [5, 5.41) is 0. The molecule has 0 amide bonds. The zero-order valence-corrected chi connectivity index (χ0v) is 50.3. The predicted octanol–water partition coefficient (Wildman–Crippen LogP) is 22.3. The monoisotopic (exact) mass is 1060 g/mol. The molecule has 6 nitrogen and oxygen atoms in total. The third-order valence-corrected chi connectivity index (χ3v) is 14.1. The smallest absolute Gasteiger partial charge is 0.306 e. The van der Waals surface area contributed by atoms with Gasteiger partial charge in [0.25, 0.3) is 0 Å². The van der Waals surface area contributed by atoms with Crippen molar-refractivity contribution in [2.24, 2.45) is 0 Å². The second kappa shape index (κ2) is 64.1. The number of hydrogen-bond acceptors (Lipinski definition) is 6. The Bertz CT molecular complexity index is 1450. The van der Waals surface area contributed by atoms with Gasteiger partial charge in [0.15, 0.2) is 6.10 Å². The lowest BCUT2D eigenvalue weighted by molar-refractivity contribution is -0.167. The summed E-state index contributed by atoms with van der Waals surface area (Å²) in [6, 6.07) is 0. The van der Waals surface area contributed by atoms with E-state index in [1.807, 2.05) is 0 Å². The van der Waals surface area contributed by atoms with Crippen LogP contribution in [0.2, 0.25) is 0 Å². The van der Waals surface area contributed by atoms with E-state index in [1.165, 1.54) is 180 Å². The second-order valence-electron chi connectivity index (χ2n) is 21.6. The first-order valence-electron chi connectivity index (χ1n) is 32.6. The molecule has 0 aliphatic heterocycles. The molecule has 6 heteroatoms. The molecule has 0 fully saturated rings. The van der Waals surface area contributed by atoms with Crippen LogP contribution in [0.1, 0.15) is 323 Å². The van der Waals surface area contributed by atoms with Crippen LogP contribution in [0, 0.1) is 0 Å². The molecule has 1 unspecified atom stereocenters. The zero-order chi connectivity index (χ0) is 55.0. The van der Waals surface area contributed by atoms with E-state index in [4.69, 9.17) is 14.2 Å². The normalized spacial score (nSPS) is 12.6. The van der Waals surface area contributed by atoms with E-state index in [0.717, 1.165) is 103 Å². The van der Waals surface area contributed by atoms with E-state index in [1.54, 1.807) is 0 Å². The van der Waals surface area contributed by atoms with Crippen molar-refractivity contribution in [1.82, 2.24) is 0 Å². The summed E-state index contributed by atoms with van der Waals surface area (Å²) in [4.78, 5) is 38.2. The number of hydrogen-bond donors (Lipinski definition) is 0. The Morgan fingerprint density at radius 3 is 0.855 bits per heavy atom. The average Bonchev–Trinajstić information content (AvgIpc) is 3.42. The Labute approximate surface area is 471 Å². The fourth-order valence-electron chi connectivity index (χ4n) is 9.25. The van der Waals surface area contributed by atoms with Crippen LogP contribution >= 0.6 is 0 Å². The van der Waals surface area contributed by atoms with Gasteiger partial charge in [0, 0.05) is 19.3 Å². The molecule has 0 bridgehead atoms. The van der Waals surface area contributed by atoms with E-state index in [0.29, 0.717) is 19.3 Å².